The molecule has 0 saturated heterocycles. The number of aliphatic imine (C=N–C) groups is 1. The van der Waals surface area contributed by atoms with Crippen LogP contribution in [0.4, 0.5) is 5.69 Å². The van der Waals surface area contributed by atoms with Crippen LogP contribution in [-0.2, 0) is 9.84 Å². The second-order valence-corrected chi connectivity index (χ2v) is 7.01. The number of nitrogens with zero attached hydrogens (tertiary/aromatic N) is 2. The van der Waals surface area contributed by atoms with Gasteiger partial charge >= 0.3 is 0 Å². The number of hydrogen-bond acceptors (Lipinski definition) is 5. The molecule has 0 N–H and O–H groups in total. The van der Waals surface area contributed by atoms with Crippen molar-refractivity contribution in [3.63, 3.8) is 0 Å². The highest BCUT2D eigenvalue weighted by molar-refractivity contribution is 7.92. The van der Waals surface area contributed by atoms with E-state index in [1.54, 1.807) is 0 Å². The molecular weight excluding hydrogens is 304 g/mol. The van der Waals surface area contributed by atoms with E-state index in [9.17, 15) is 18.5 Å². The summed E-state index contributed by atoms with van der Waals surface area (Å²) in [5.74, 6) is -0.126. The lowest BCUT2D eigenvalue weighted by atomic mass is 10.1. The quantitative estimate of drug-likeness (QED) is 0.642. The molecule has 1 aliphatic heterocycles. The van der Waals surface area contributed by atoms with Crippen LogP contribution in [0.15, 0.2) is 59.6 Å². The van der Waals surface area contributed by atoms with Crippen LogP contribution in [-0.4, -0.2) is 24.8 Å². The van der Waals surface area contributed by atoms with Crippen molar-refractivity contribution < 1.29 is 13.3 Å². The minimum absolute atomic E-state index is 0.0774. The summed E-state index contributed by atoms with van der Waals surface area (Å²) in [5, 5.41) is 9.66. The fourth-order valence-electron chi connectivity index (χ4n) is 2.36. The fraction of sp³-hybridized carbons (Fsp3) is 0.133. The zero-order valence-electron chi connectivity index (χ0n) is 11.4. The summed E-state index contributed by atoms with van der Waals surface area (Å²) in [4.78, 5) is 14.5. The topological polar surface area (TPSA) is 89.6 Å². The molecule has 1 atom stereocenters. The number of hydrogen-bond donors (Lipinski definition) is 0. The van der Waals surface area contributed by atoms with Crippen molar-refractivity contribution in [2.45, 2.75) is 5.37 Å². The Morgan fingerprint density at radius 3 is 2.27 bits per heavy atom. The standard InChI is InChI=1S/C15H12N2O4S/c18-17(19)13-8-6-12(7-9-13)15-16-14(10-22(15,20)21)11-4-2-1-3-5-11/h1-9,15H,10H2. The summed E-state index contributed by atoms with van der Waals surface area (Å²) in [6.45, 7) is 0. The molecule has 0 aliphatic carbocycles. The van der Waals surface area contributed by atoms with Gasteiger partial charge in [-0.3, -0.25) is 15.1 Å². The number of nitro groups is 1. The smallest absolute Gasteiger partial charge is 0.264 e. The van der Waals surface area contributed by atoms with Crippen LogP contribution in [0.2, 0.25) is 0 Å². The highest BCUT2D eigenvalue weighted by Crippen LogP contribution is 2.32. The van der Waals surface area contributed by atoms with E-state index < -0.39 is 20.1 Å². The molecule has 2 aromatic carbocycles. The first-order valence-electron chi connectivity index (χ1n) is 6.55. The first-order valence-corrected chi connectivity index (χ1v) is 8.27. The Kier molecular flexibility index (Phi) is 3.50. The normalized spacial score (nSPS) is 19.6. The molecule has 6 nitrogen and oxygen atoms in total. The second-order valence-electron chi connectivity index (χ2n) is 4.95. The van der Waals surface area contributed by atoms with Gasteiger partial charge in [-0.25, -0.2) is 8.42 Å². The van der Waals surface area contributed by atoms with Gasteiger partial charge in [0.25, 0.3) is 5.69 Å². The minimum Gasteiger partial charge on any atom is -0.264 e. The number of benzene rings is 2. The summed E-state index contributed by atoms with van der Waals surface area (Å²) >= 11 is 0. The van der Waals surface area contributed by atoms with Crippen LogP contribution < -0.4 is 0 Å². The Morgan fingerprint density at radius 1 is 1.05 bits per heavy atom. The van der Waals surface area contributed by atoms with Crippen molar-refractivity contribution in [2.75, 3.05) is 5.75 Å². The van der Waals surface area contributed by atoms with Gasteiger partial charge in [0.05, 0.1) is 16.4 Å². The van der Waals surface area contributed by atoms with Crippen LogP contribution in [0.5, 0.6) is 0 Å². The van der Waals surface area contributed by atoms with Crippen molar-refractivity contribution in [3.8, 4) is 0 Å². The molecule has 22 heavy (non-hydrogen) atoms. The largest absolute Gasteiger partial charge is 0.269 e. The fourth-order valence-corrected chi connectivity index (χ4v) is 4.00. The van der Waals surface area contributed by atoms with E-state index in [2.05, 4.69) is 4.99 Å². The van der Waals surface area contributed by atoms with Crippen LogP contribution >= 0.6 is 0 Å². The average molecular weight is 316 g/mol. The van der Waals surface area contributed by atoms with E-state index >= 15 is 0 Å². The SMILES string of the molecule is O=[N+]([O-])c1ccc(C2N=C(c3ccccc3)CS2(=O)=O)cc1. The van der Waals surface area contributed by atoms with Crippen molar-refractivity contribution in [3.05, 3.63) is 75.8 Å². The lowest BCUT2D eigenvalue weighted by molar-refractivity contribution is -0.384. The van der Waals surface area contributed by atoms with E-state index in [0.717, 1.165) is 5.56 Å². The maximum atomic E-state index is 12.3. The van der Waals surface area contributed by atoms with Crippen LogP contribution in [0.25, 0.3) is 0 Å². The first kappa shape index (κ1) is 14.4. The van der Waals surface area contributed by atoms with E-state index in [1.807, 2.05) is 30.3 Å². The molecule has 0 amide bonds. The molecule has 1 heterocycles. The molecule has 1 unspecified atom stereocenters. The highest BCUT2D eigenvalue weighted by Gasteiger charge is 2.35. The van der Waals surface area contributed by atoms with Crippen LogP contribution in [0, 0.1) is 10.1 Å². The van der Waals surface area contributed by atoms with E-state index in [0.29, 0.717) is 11.3 Å². The van der Waals surface area contributed by atoms with Gasteiger partial charge in [0.2, 0.25) is 0 Å². The predicted molar refractivity (Wildman–Crippen MR) is 82.6 cm³/mol. The third-order valence-corrected chi connectivity index (χ3v) is 5.18. The lowest BCUT2D eigenvalue weighted by Gasteiger charge is -2.06. The van der Waals surface area contributed by atoms with Crippen molar-refractivity contribution >= 4 is 21.2 Å². The molecule has 0 saturated carbocycles. The summed E-state index contributed by atoms with van der Waals surface area (Å²) in [5.41, 5.74) is 1.65. The monoisotopic (exact) mass is 316 g/mol. The maximum absolute atomic E-state index is 12.3. The Morgan fingerprint density at radius 2 is 1.68 bits per heavy atom. The van der Waals surface area contributed by atoms with Gasteiger partial charge in [-0.1, -0.05) is 30.3 Å². The molecule has 1 aliphatic rings. The van der Waals surface area contributed by atoms with E-state index in [1.165, 1.54) is 24.3 Å². The van der Waals surface area contributed by atoms with E-state index in [-0.39, 0.29) is 11.4 Å². The highest BCUT2D eigenvalue weighted by atomic mass is 32.2. The molecule has 2 aromatic rings. The Balaban J connectivity index is 1.98. The second kappa shape index (κ2) is 5.34. The number of rotatable bonds is 3. The van der Waals surface area contributed by atoms with Crippen molar-refractivity contribution in [1.29, 1.82) is 0 Å². The third kappa shape index (κ3) is 2.62. The minimum atomic E-state index is -3.44. The summed E-state index contributed by atoms with van der Waals surface area (Å²) in [6, 6.07) is 14.6. The predicted octanol–water partition coefficient (Wildman–Crippen LogP) is 2.51. The van der Waals surface area contributed by atoms with Gasteiger partial charge in [-0.2, -0.15) is 0 Å². The zero-order valence-corrected chi connectivity index (χ0v) is 12.2. The van der Waals surface area contributed by atoms with Gasteiger partial charge in [-0.15, -0.1) is 0 Å². The van der Waals surface area contributed by atoms with Gasteiger partial charge in [0, 0.05) is 12.1 Å². The summed E-state index contributed by atoms with van der Waals surface area (Å²) in [7, 11) is -3.44. The number of non-ortho nitro benzene ring substituents is 1. The van der Waals surface area contributed by atoms with Gasteiger partial charge < -0.3 is 0 Å². The molecule has 0 radical (unpaired) electrons. The molecule has 0 fully saturated rings. The van der Waals surface area contributed by atoms with Gasteiger partial charge in [0.1, 0.15) is 0 Å². The molecule has 0 aromatic heterocycles. The average Bonchev–Trinajstić information content (AvgIpc) is 2.84. The van der Waals surface area contributed by atoms with Gasteiger partial charge in [0.15, 0.2) is 15.2 Å². The molecule has 112 valence electrons. The van der Waals surface area contributed by atoms with Gasteiger partial charge in [-0.05, 0) is 23.3 Å². The molecule has 0 spiro atoms. The summed E-state index contributed by atoms with van der Waals surface area (Å²) in [6.07, 6.45) is 0. The number of nitro benzene ring substituents is 1. The first-order chi connectivity index (χ1) is 10.5. The lowest BCUT2D eigenvalue weighted by Crippen LogP contribution is -2.12. The van der Waals surface area contributed by atoms with Crippen LogP contribution in [0.3, 0.4) is 0 Å². The third-order valence-electron chi connectivity index (χ3n) is 3.45. The number of sulfone groups is 1. The molecule has 7 heteroatoms. The zero-order chi connectivity index (χ0) is 15.7. The molecule has 0 bridgehead atoms. The summed E-state index contributed by atoms with van der Waals surface area (Å²) < 4.78 is 24.6. The molecular formula is C15H12N2O4S. The Bertz CT molecular complexity index is 843. The van der Waals surface area contributed by atoms with Crippen LogP contribution in [0.1, 0.15) is 16.5 Å². The van der Waals surface area contributed by atoms with Crippen molar-refractivity contribution in [2.24, 2.45) is 4.99 Å². The maximum Gasteiger partial charge on any atom is 0.269 e. The Hall–Kier alpha value is -2.54. The molecule has 3 rings (SSSR count). The van der Waals surface area contributed by atoms with E-state index in [4.69, 9.17) is 0 Å². The Labute approximate surface area is 127 Å². The van der Waals surface area contributed by atoms with Crippen molar-refractivity contribution in [1.82, 2.24) is 0 Å².